The number of rotatable bonds is 6. The Hall–Kier alpha value is -0.570. The number of nitrogens with two attached hydrogens (primary N) is 1. The Morgan fingerprint density at radius 2 is 1.94 bits per heavy atom. The number of hydrogen-bond donors (Lipinski definition) is 1. The molecule has 1 fully saturated rings. The monoisotopic (exact) mass is 254 g/mol. The first-order valence-corrected chi connectivity index (χ1v) is 7.53. The second-order valence-corrected chi connectivity index (χ2v) is 6.27. The van der Waals surface area contributed by atoms with Crippen molar-refractivity contribution >= 4 is 5.91 Å². The first-order chi connectivity index (χ1) is 8.54. The van der Waals surface area contributed by atoms with E-state index in [-0.39, 0.29) is 5.92 Å². The highest BCUT2D eigenvalue weighted by molar-refractivity contribution is 5.78. The predicted molar refractivity (Wildman–Crippen MR) is 76.2 cm³/mol. The van der Waals surface area contributed by atoms with Gasteiger partial charge in [-0.2, -0.15) is 0 Å². The van der Waals surface area contributed by atoms with E-state index in [2.05, 4.69) is 25.7 Å². The Kier molecular flexibility index (Phi) is 6.69. The standard InChI is InChI=1S/C15H30N2O/c1-12(2)11-14(5-4-8-16)15(18)17-9-6-13(3)7-10-17/h12-14H,4-11,16H2,1-3H3. The molecule has 0 radical (unpaired) electrons. The molecule has 1 heterocycles. The van der Waals surface area contributed by atoms with Crippen molar-refractivity contribution in [1.82, 2.24) is 4.90 Å². The SMILES string of the molecule is CC(C)CC(CCCN)C(=O)N1CCC(C)CC1. The maximum absolute atomic E-state index is 12.5. The fourth-order valence-electron chi connectivity index (χ4n) is 2.76. The number of likely N-dealkylation sites (tertiary alicyclic amines) is 1. The minimum Gasteiger partial charge on any atom is -0.342 e. The first-order valence-electron chi connectivity index (χ1n) is 7.53. The Bertz CT molecular complexity index is 245. The fourth-order valence-corrected chi connectivity index (χ4v) is 2.76. The summed E-state index contributed by atoms with van der Waals surface area (Å²) >= 11 is 0. The molecular formula is C15H30N2O. The summed E-state index contributed by atoms with van der Waals surface area (Å²) < 4.78 is 0. The lowest BCUT2D eigenvalue weighted by atomic mass is 9.90. The molecule has 0 aromatic heterocycles. The van der Waals surface area contributed by atoms with E-state index in [0.29, 0.717) is 18.4 Å². The number of carbonyl (C=O) groups excluding carboxylic acids is 1. The van der Waals surface area contributed by atoms with Crippen molar-refractivity contribution < 1.29 is 4.79 Å². The van der Waals surface area contributed by atoms with Gasteiger partial charge in [-0.15, -0.1) is 0 Å². The van der Waals surface area contributed by atoms with E-state index in [0.717, 1.165) is 51.1 Å². The minimum absolute atomic E-state index is 0.196. The molecule has 3 nitrogen and oxygen atoms in total. The highest BCUT2D eigenvalue weighted by Gasteiger charge is 2.27. The van der Waals surface area contributed by atoms with Crippen LogP contribution >= 0.6 is 0 Å². The second-order valence-electron chi connectivity index (χ2n) is 6.27. The molecule has 0 saturated carbocycles. The topological polar surface area (TPSA) is 46.3 Å². The molecule has 1 saturated heterocycles. The maximum atomic E-state index is 12.5. The average molecular weight is 254 g/mol. The smallest absolute Gasteiger partial charge is 0.225 e. The average Bonchev–Trinajstić information content (AvgIpc) is 2.34. The zero-order chi connectivity index (χ0) is 13.5. The molecule has 1 aliphatic rings. The quantitative estimate of drug-likeness (QED) is 0.792. The van der Waals surface area contributed by atoms with Crippen molar-refractivity contribution in [2.45, 2.75) is 52.9 Å². The van der Waals surface area contributed by atoms with E-state index in [4.69, 9.17) is 5.73 Å². The number of amides is 1. The molecule has 3 heteroatoms. The summed E-state index contributed by atoms with van der Waals surface area (Å²) in [6.07, 6.45) is 5.26. The Morgan fingerprint density at radius 1 is 1.33 bits per heavy atom. The molecule has 0 aromatic carbocycles. The van der Waals surface area contributed by atoms with Crippen molar-refractivity contribution in [2.24, 2.45) is 23.5 Å². The highest BCUT2D eigenvalue weighted by atomic mass is 16.2. The van der Waals surface area contributed by atoms with E-state index in [1.165, 1.54) is 0 Å². The van der Waals surface area contributed by atoms with Crippen molar-refractivity contribution in [2.75, 3.05) is 19.6 Å². The highest BCUT2D eigenvalue weighted by Crippen LogP contribution is 2.23. The van der Waals surface area contributed by atoms with Gasteiger partial charge in [0.1, 0.15) is 0 Å². The van der Waals surface area contributed by atoms with Crippen LogP contribution in [0.15, 0.2) is 0 Å². The Labute approximate surface area is 112 Å². The lowest BCUT2D eigenvalue weighted by Crippen LogP contribution is -2.41. The van der Waals surface area contributed by atoms with Crippen LogP contribution in [0.4, 0.5) is 0 Å². The Morgan fingerprint density at radius 3 is 2.44 bits per heavy atom. The molecule has 1 unspecified atom stereocenters. The van der Waals surface area contributed by atoms with Crippen LogP contribution in [0.25, 0.3) is 0 Å². The third kappa shape index (κ3) is 4.97. The van der Waals surface area contributed by atoms with E-state index < -0.39 is 0 Å². The molecule has 1 amide bonds. The van der Waals surface area contributed by atoms with Crippen LogP contribution in [-0.2, 0) is 4.79 Å². The van der Waals surface area contributed by atoms with Crippen molar-refractivity contribution in [3.63, 3.8) is 0 Å². The van der Waals surface area contributed by atoms with Gasteiger partial charge < -0.3 is 10.6 Å². The summed E-state index contributed by atoms with van der Waals surface area (Å²) in [6, 6.07) is 0. The molecule has 106 valence electrons. The number of piperidine rings is 1. The molecule has 18 heavy (non-hydrogen) atoms. The van der Waals surface area contributed by atoms with Crippen molar-refractivity contribution in [3.8, 4) is 0 Å². The van der Waals surface area contributed by atoms with Crippen LogP contribution in [-0.4, -0.2) is 30.4 Å². The zero-order valence-electron chi connectivity index (χ0n) is 12.3. The summed E-state index contributed by atoms with van der Waals surface area (Å²) in [5.74, 6) is 1.94. The molecule has 0 bridgehead atoms. The van der Waals surface area contributed by atoms with Gasteiger partial charge in [-0.1, -0.05) is 20.8 Å². The summed E-state index contributed by atoms with van der Waals surface area (Å²) in [5.41, 5.74) is 5.58. The summed E-state index contributed by atoms with van der Waals surface area (Å²) in [7, 11) is 0. The van der Waals surface area contributed by atoms with Crippen LogP contribution in [0.1, 0.15) is 52.9 Å². The first kappa shape index (κ1) is 15.5. The fraction of sp³-hybridized carbons (Fsp3) is 0.933. The van der Waals surface area contributed by atoms with E-state index >= 15 is 0 Å². The maximum Gasteiger partial charge on any atom is 0.225 e. The van der Waals surface area contributed by atoms with Gasteiger partial charge in [-0.05, 0) is 50.5 Å². The van der Waals surface area contributed by atoms with Crippen LogP contribution in [0.2, 0.25) is 0 Å². The number of nitrogens with zero attached hydrogens (tertiary/aromatic N) is 1. The molecule has 0 aromatic rings. The van der Waals surface area contributed by atoms with Gasteiger partial charge in [-0.25, -0.2) is 0 Å². The normalized spacial score (nSPS) is 19.3. The molecule has 2 N–H and O–H groups in total. The summed E-state index contributed by atoms with van der Waals surface area (Å²) in [4.78, 5) is 14.6. The lowest BCUT2D eigenvalue weighted by Gasteiger charge is -2.33. The van der Waals surface area contributed by atoms with Gasteiger partial charge in [0, 0.05) is 19.0 Å². The zero-order valence-corrected chi connectivity index (χ0v) is 12.3. The van der Waals surface area contributed by atoms with Crippen LogP contribution in [0.3, 0.4) is 0 Å². The molecular weight excluding hydrogens is 224 g/mol. The molecule has 1 aliphatic heterocycles. The van der Waals surface area contributed by atoms with Gasteiger partial charge in [0.2, 0.25) is 5.91 Å². The largest absolute Gasteiger partial charge is 0.342 e. The second kappa shape index (κ2) is 7.78. The van der Waals surface area contributed by atoms with E-state index in [1.807, 2.05) is 0 Å². The minimum atomic E-state index is 0.196. The van der Waals surface area contributed by atoms with Crippen LogP contribution in [0, 0.1) is 17.8 Å². The molecule has 0 spiro atoms. The van der Waals surface area contributed by atoms with Gasteiger partial charge in [0.25, 0.3) is 0 Å². The van der Waals surface area contributed by atoms with Gasteiger partial charge >= 0.3 is 0 Å². The van der Waals surface area contributed by atoms with E-state index in [1.54, 1.807) is 0 Å². The van der Waals surface area contributed by atoms with Crippen LogP contribution < -0.4 is 5.73 Å². The van der Waals surface area contributed by atoms with Gasteiger partial charge in [0.15, 0.2) is 0 Å². The molecule has 1 rings (SSSR count). The molecule has 0 aliphatic carbocycles. The molecule has 1 atom stereocenters. The summed E-state index contributed by atoms with van der Waals surface area (Å²) in [5, 5.41) is 0. The van der Waals surface area contributed by atoms with Crippen molar-refractivity contribution in [1.29, 1.82) is 0 Å². The number of carbonyl (C=O) groups is 1. The van der Waals surface area contributed by atoms with Gasteiger partial charge in [0.05, 0.1) is 0 Å². The lowest BCUT2D eigenvalue weighted by molar-refractivity contribution is -0.137. The third-order valence-corrected chi connectivity index (χ3v) is 3.96. The number of hydrogen-bond acceptors (Lipinski definition) is 2. The third-order valence-electron chi connectivity index (χ3n) is 3.96. The van der Waals surface area contributed by atoms with Crippen molar-refractivity contribution in [3.05, 3.63) is 0 Å². The van der Waals surface area contributed by atoms with E-state index in [9.17, 15) is 4.79 Å². The Balaban J connectivity index is 2.51. The van der Waals surface area contributed by atoms with Gasteiger partial charge in [-0.3, -0.25) is 4.79 Å². The predicted octanol–water partition coefficient (Wildman–Crippen LogP) is 2.65. The summed E-state index contributed by atoms with van der Waals surface area (Å²) in [6.45, 7) is 9.27. The van der Waals surface area contributed by atoms with Crippen LogP contribution in [0.5, 0.6) is 0 Å².